The Kier molecular flexibility index (Phi) is 31.4. The van der Waals surface area contributed by atoms with Crippen LogP contribution in [0.1, 0.15) is 99.3 Å². The van der Waals surface area contributed by atoms with Gasteiger partial charge in [-0.15, -0.1) is 33.5 Å². The van der Waals surface area contributed by atoms with Crippen molar-refractivity contribution >= 4 is 199 Å². The first-order valence-corrected chi connectivity index (χ1v) is 52.0. The summed E-state index contributed by atoms with van der Waals surface area (Å²) in [5, 5.41) is 17.4. The van der Waals surface area contributed by atoms with E-state index in [1.807, 2.05) is 6.26 Å². The van der Waals surface area contributed by atoms with E-state index in [2.05, 4.69) is 223 Å². The maximum Gasteiger partial charge on any atom is 0.172 e. The first-order chi connectivity index (χ1) is 38.1. The summed E-state index contributed by atoms with van der Waals surface area (Å²) >= 11 is 24.1. The van der Waals surface area contributed by atoms with E-state index in [9.17, 15) is 13.2 Å². The van der Waals surface area contributed by atoms with Crippen molar-refractivity contribution in [2.75, 3.05) is 78.6 Å². The molecule has 11 rings (SSSR count). The molecule has 3 aliphatic heterocycles. The number of ketones is 1. The van der Waals surface area contributed by atoms with Crippen molar-refractivity contribution in [3.63, 3.8) is 0 Å². The average Bonchev–Trinajstić information content (AvgIpc) is 4.43. The van der Waals surface area contributed by atoms with E-state index in [0.717, 1.165) is 75.9 Å². The molecule has 25 heteroatoms. The summed E-state index contributed by atoms with van der Waals surface area (Å²) < 4.78 is 70.2. The normalized spacial score (nSPS) is 19.6. The van der Waals surface area contributed by atoms with Gasteiger partial charge in [0.1, 0.15) is 5.78 Å². The van der Waals surface area contributed by atoms with E-state index in [0.29, 0.717) is 90.6 Å². The third kappa shape index (κ3) is 20.0. The van der Waals surface area contributed by atoms with E-state index in [4.69, 9.17) is 47.0 Å². The molecule has 3 spiro atoms. The average molecular weight is 2100 g/mol. The van der Waals surface area contributed by atoms with Crippen LogP contribution in [0.15, 0.2) is 90.7 Å². The smallest absolute Gasteiger partial charge is 0.172 e. The van der Waals surface area contributed by atoms with Gasteiger partial charge < -0.3 is 42.8 Å². The number of carbonyl (C=O) groups is 1. The second kappa shape index (κ2) is 34.2. The molecule has 0 amide bonds. The second-order valence-electron chi connectivity index (χ2n) is 20.3. The van der Waals surface area contributed by atoms with Crippen molar-refractivity contribution in [2.24, 2.45) is 0 Å². The Morgan fingerprint density at radius 1 is 0.543 bits per heavy atom. The van der Waals surface area contributed by atoms with Crippen molar-refractivity contribution in [1.29, 1.82) is 0 Å². The van der Waals surface area contributed by atoms with Crippen LogP contribution in [0.2, 0.25) is 0 Å². The minimum atomic E-state index is -3.44. The monoisotopic (exact) mass is 2090 g/mol. The number of aliphatic hydroxyl groups is 2. The van der Waals surface area contributed by atoms with Gasteiger partial charge in [-0.05, 0) is 125 Å². The minimum Gasteiger partial charge on any atom is -0.396 e. The van der Waals surface area contributed by atoms with Crippen molar-refractivity contribution in [2.45, 2.75) is 105 Å². The van der Waals surface area contributed by atoms with Gasteiger partial charge >= 0.3 is 50.5 Å². The zero-order valence-electron chi connectivity index (χ0n) is 44.9. The van der Waals surface area contributed by atoms with E-state index in [-0.39, 0.29) is 60.4 Å². The molecular formula is C56H69Br4I6O13S2-. The maximum absolute atomic E-state index is 11.7. The molecular weight excluding hydrogens is 2030 g/mol. The SMILES string of the molecule is Brc1ccc2c(c1)C1(CCC3(CC1)OCCO3)c1cc(Br)ccc1-2.C=S(=C)(C)OCCC1(CCOS(C)(=O)=O)OCCO1.I.II.I[I-]I.O=C1CCC2(CC1)c1cc(Br)ccc1-c1ccc(Br)cc12.OCCC1(CCO)OCCO1. The third-order valence-electron chi connectivity index (χ3n) is 15.2. The van der Waals surface area contributed by atoms with Crippen molar-refractivity contribution < 1.29 is 73.5 Å². The number of ether oxygens (including phenoxy) is 6. The molecule has 7 aliphatic rings. The van der Waals surface area contributed by atoms with Crippen molar-refractivity contribution in [3.05, 3.63) is 113 Å². The van der Waals surface area contributed by atoms with Crippen LogP contribution in [0.3, 0.4) is 0 Å². The Hall–Kier alpha value is 2.49. The molecule has 2 saturated carbocycles. The number of benzene rings is 4. The number of carbonyl (C=O) groups excluding carboxylic acids is 1. The number of halogens is 10. The molecule has 81 heavy (non-hydrogen) atoms. The molecule has 4 aromatic carbocycles. The summed E-state index contributed by atoms with van der Waals surface area (Å²) in [6.45, 7) is 4.03. The molecule has 2 N–H and O–H groups in total. The Morgan fingerprint density at radius 3 is 1.17 bits per heavy atom. The number of rotatable bonds is 12. The summed E-state index contributed by atoms with van der Waals surface area (Å²) in [7, 11) is -4.97. The van der Waals surface area contributed by atoms with Gasteiger partial charge in [-0.3, -0.25) is 8.98 Å². The first kappa shape index (κ1) is 74.2. The Bertz CT molecular complexity index is 2770. The van der Waals surface area contributed by atoms with Crippen molar-refractivity contribution in [3.8, 4) is 22.3 Å². The van der Waals surface area contributed by atoms with Crippen LogP contribution in [-0.4, -0.2) is 132 Å². The van der Waals surface area contributed by atoms with Gasteiger partial charge in [0.2, 0.25) is 0 Å². The quantitative estimate of drug-likeness (QED) is 0.0783. The molecule has 4 aromatic rings. The van der Waals surface area contributed by atoms with Crippen LogP contribution in [0.4, 0.5) is 0 Å². The largest absolute Gasteiger partial charge is 0.396 e. The molecule has 4 aliphatic carbocycles. The van der Waals surface area contributed by atoms with Crippen LogP contribution in [0.25, 0.3) is 22.3 Å². The molecule has 13 nitrogen and oxygen atoms in total. The molecule has 0 unspecified atom stereocenters. The standard InChI is InChI=1S/C20H18Br2O2.C18H14Br2O.C11H22O6S2.C7H14O4.I3.I2.HI/c21-13-1-3-15-16-4-2-14(22)12-18(16)19(17(15)11-13)5-7-20(8-6-19)23-9-10-24-20;19-11-1-3-14-15-4-2-12(20)10-17(15)18(16(14)9-11)7-5-13(21)6-8-18;1-18(2,3)16-7-5-11(14-9-10-15-11)6-8-17-19(4,12)13;8-3-1-7(2-4-9)10-5-6-11-7;1-3-2;1-2;/h1-4,11-12H,5-10H2;1-4,9-10H,5-8H2;1-2,5-10H2,3-4H3;8-9H,1-6H2;;;1H/q;;;;-1;;. The first-order valence-electron chi connectivity index (χ1n) is 25.8. The van der Waals surface area contributed by atoms with Crippen LogP contribution < -0.4 is 13.3 Å². The predicted molar refractivity (Wildman–Crippen MR) is 381 cm³/mol. The molecule has 454 valence electrons. The predicted octanol–water partition coefficient (Wildman–Crippen LogP) is 12.8. The topological polar surface area (TPSA) is 166 Å². The number of aliphatic hydroxyl groups excluding tert-OH is 2. The fourth-order valence-electron chi connectivity index (χ4n) is 11.7. The number of Topliss-reactive ketones (excluding diaryl/α,β-unsaturated/α-hetero) is 1. The number of hydrogen-bond donors (Lipinski definition) is 2. The van der Waals surface area contributed by atoms with E-state index in [1.165, 1.54) is 44.5 Å². The fraction of sp³-hybridized carbons (Fsp3) is 0.518. The van der Waals surface area contributed by atoms with Gasteiger partial charge in [0.15, 0.2) is 17.4 Å². The second-order valence-corrected chi connectivity index (χ2v) is 44.5. The zero-order valence-corrected chi connectivity index (χ0v) is 66.0. The molecule has 3 heterocycles. The summed E-state index contributed by atoms with van der Waals surface area (Å²) in [6.07, 6.45) is 11.9. The van der Waals surface area contributed by atoms with E-state index >= 15 is 0 Å². The fourth-order valence-corrected chi connectivity index (χ4v) is 14.0. The summed E-state index contributed by atoms with van der Waals surface area (Å²) in [5.41, 5.74) is 11.2. The van der Waals surface area contributed by atoms with Crippen LogP contribution in [0.5, 0.6) is 0 Å². The summed E-state index contributed by atoms with van der Waals surface area (Å²) in [6, 6.07) is 26.6. The minimum absolute atomic E-state index is 0. The Balaban J connectivity index is 0.000000197. The van der Waals surface area contributed by atoms with E-state index < -0.39 is 31.2 Å². The van der Waals surface area contributed by atoms with Gasteiger partial charge in [0.05, 0.1) is 59.1 Å². The Labute approximate surface area is 583 Å². The Morgan fingerprint density at radius 2 is 0.852 bits per heavy atom. The number of hydrogen-bond acceptors (Lipinski definition) is 13. The van der Waals surface area contributed by atoms with Gasteiger partial charge in [0, 0.05) is 131 Å². The third-order valence-corrected chi connectivity index (χ3v) is 18.5. The maximum atomic E-state index is 11.7. The van der Waals surface area contributed by atoms with E-state index in [1.54, 1.807) is 0 Å². The van der Waals surface area contributed by atoms with Crippen LogP contribution >= 0.6 is 172 Å². The molecule has 3 saturated heterocycles. The van der Waals surface area contributed by atoms with Crippen LogP contribution in [-0.2, 0) is 62.5 Å². The molecule has 0 atom stereocenters. The summed E-state index contributed by atoms with van der Waals surface area (Å²) in [4.78, 5) is 11.7. The molecule has 0 radical (unpaired) electrons. The zero-order chi connectivity index (χ0) is 58.4. The van der Waals surface area contributed by atoms with Gasteiger partial charge in [0.25, 0.3) is 10.1 Å². The number of fused-ring (bicyclic) bond motifs is 10. The molecule has 0 bridgehead atoms. The van der Waals surface area contributed by atoms with Gasteiger partial charge in [-0.1, -0.05) is 99.7 Å². The van der Waals surface area contributed by atoms with Gasteiger partial charge in [-0.2, -0.15) is 8.42 Å². The van der Waals surface area contributed by atoms with Crippen LogP contribution in [0, 0.1) is 0 Å². The van der Waals surface area contributed by atoms with Gasteiger partial charge in [-0.25, -0.2) is 0 Å². The molecule has 0 aromatic heterocycles. The molecule has 5 fully saturated rings. The summed E-state index contributed by atoms with van der Waals surface area (Å²) in [5.74, 6) is 6.18. The van der Waals surface area contributed by atoms with Crippen molar-refractivity contribution in [1.82, 2.24) is 0 Å².